The molecule has 1 aromatic carbocycles. The fourth-order valence-corrected chi connectivity index (χ4v) is 1.78. The number of halogens is 1. The molecule has 2 aromatic rings. The van der Waals surface area contributed by atoms with Gasteiger partial charge in [-0.3, -0.25) is 10.1 Å². The minimum atomic E-state index is -1.24. The monoisotopic (exact) mass is 281 g/mol. The van der Waals surface area contributed by atoms with Crippen LogP contribution in [0.25, 0.3) is 11.3 Å². The fourth-order valence-electron chi connectivity index (χ4n) is 1.61. The van der Waals surface area contributed by atoms with Crippen LogP contribution in [0, 0.1) is 17.0 Å². The Hall–Kier alpha value is -2.34. The Morgan fingerprint density at radius 3 is 2.63 bits per heavy atom. The highest BCUT2D eigenvalue weighted by atomic mass is 35.5. The third-order valence-corrected chi connectivity index (χ3v) is 2.96. The topological polar surface area (TPSA) is 93.6 Å². The molecule has 0 saturated carbocycles. The molecule has 0 unspecified atom stereocenters. The summed E-state index contributed by atoms with van der Waals surface area (Å²) in [6.07, 6.45) is 0. The highest BCUT2D eigenvalue weighted by Gasteiger charge is 2.21. The molecule has 1 heterocycles. The van der Waals surface area contributed by atoms with Gasteiger partial charge in [0.1, 0.15) is 5.76 Å². The van der Waals surface area contributed by atoms with Crippen LogP contribution in [-0.2, 0) is 0 Å². The third kappa shape index (κ3) is 2.43. The number of aromatic carboxylic acids is 1. The van der Waals surface area contributed by atoms with E-state index in [2.05, 4.69) is 0 Å². The van der Waals surface area contributed by atoms with Gasteiger partial charge in [0.15, 0.2) is 0 Å². The van der Waals surface area contributed by atoms with Gasteiger partial charge in [-0.25, -0.2) is 4.79 Å². The summed E-state index contributed by atoms with van der Waals surface area (Å²) < 4.78 is 5.05. The van der Waals surface area contributed by atoms with Crippen molar-refractivity contribution in [3.63, 3.8) is 0 Å². The molecule has 98 valence electrons. The van der Waals surface area contributed by atoms with Gasteiger partial charge in [-0.1, -0.05) is 11.6 Å². The molecule has 0 aliphatic carbocycles. The Morgan fingerprint density at radius 1 is 1.42 bits per heavy atom. The molecule has 0 atom stereocenters. The van der Waals surface area contributed by atoms with Crippen molar-refractivity contribution in [3.05, 3.63) is 50.7 Å². The average Bonchev–Trinajstić information content (AvgIpc) is 2.81. The van der Waals surface area contributed by atoms with Crippen molar-refractivity contribution in [2.45, 2.75) is 6.92 Å². The van der Waals surface area contributed by atoms with Gasteiger partial charge in [0.2, 0.25) is 5.76 Å². The second kappa shape index (κ2) is 4.74. The van der Waals surface area contributed by atoms with Crippen molar-refractivity contribution in [1.82, 2.24) is 0 Å². The molecule has 0 aliphatic heterocycles. The van der Waals surface area contributed by atoms with Crippen molar-refractivity contribution < 1.29 is 19.2 Å². The number of nitro groups is 1. The van der Waals surface area contributed by atoms with Crippen molar-refractivity contribution >= 4 is 23.3 Å². The molecule has 1 aromatic heterocycles. The Kier molecular flexibility index (Phi) is 3.26. The lowest BCUT2D eigenvalue weighted by Crippen LogP contribution is -1.94. The van der Waals surface area contributed by atoms with E-state index in [-0.39, 0.29) is 22.8 Å². The van der Waals surface area contributed by atoms with Crippen molar-refractivity contribution in [2.24, 2.45) is 0 Å². The average molecular weight is 282 g/mol. The standard InChI is InChI=1S/C12H8ClNO5/c1-6-4-9(14(17)18)7(5-8(6)13)10-2-3-11(19-10)12(15)16/h2-5H,1H3,(H,15,16). The van der Waals surface area contributed by atoms with Gasteiger partial charge in [-0.2, -0.15) is 0 Å². The number of carbonyl (C=O) groups is 1. The van der Waals surface area contributed by atoms with E-state index in [1.54, 1.807) is 6.92 Å². The maximum atomic E-state index is 11.0. The minimum Gasteiger partial charge on any atom is -0.475 e. The maximum Gasteiger partial charge on any atom is 0.371 e. The summed E-state index contributed by atoms with van der Waals surface area (Å²) in [5, 5.41) is 20.1. The molecule has 2 rings (SSSR count). The number of carboxylic acids is 1. The maximum absolute atomic E-state index is 11.0. The van der Waals surface area contributed by atoms with E-state index < -0.39 is 10.9 Å². The van der Waals surface area contributed by atoms with E-state index in [9.17, 15) is 14.9 Å². The molecule has 1 N–H and O–H groups in total. The molecular weight excluding hydrogens is 274 g/mol. The number of nitro benzene ring substituents is 1. The van der Waals surface area contributed by atoms with E-state index in [4.69, 9.17) is 21.1 Å². The highest BCUT2D eigenvalue weighted by molar-refractivity contribution is 6.31. The number of hydrogen-bond acceptors (Lipinski definition) is 4. The van der Waals surface area contributed by atoms with Gasteiger partial charge in [0, 0.05) is 11.1 Å². The normalized spacial score (nSPS) is 10.4. The summed E-state index contributed by atoms with van der Waals surface area (Å²) in [4.78, 5) is 21.2. The Balaban J connectivity index is 2.62. The summed E-state index contributed by atoms with van der Waals surface area (Å²) >= 11 is 5.93. The minimum absolute atomic E-state index is 0.0889. The molecule has 0 saturated heterocycles. The smallest absolute Gasteiger partial charge is 0.371 e. The number of rotatable bonds is 3. The number of furan rings is 1. The van der Waals surface area contributed by atoms with Crippen LogP contribution in [0.1, 0.15) is 16.1 Å². The van der Waals surface area contributed by atoms with Crippen LogP contribution in [0.4, 0.5) is 5.69 Å². The van der Waals surface area contributed by atoms with E-state index in [0.717, 1.165) is 0 Å². The molecule has 0 spiro atoms. The van der Waals surface area contributed by atoms with Gasteiger partial charge in [0.05, 0.1) is 10.5 Å². The highest BCUT2D eigenvalue weighted by Crippen LogP contribution is 2.35. The van der Waals surface area contributed by atoms with E-state index in [1.165, 1.54) is 24.3 Å². The van der Waals surface area contributed by atoms with Gasteiger partial charge in [-0.05, 0) is 30.7 Å². The molecule has 7 heteroatoms. The molecule has 0 fully saturated rings. The van der Waals surface area contributed by atoms with Crippen molar-refractivity contribution in [3.8, 4) is 11.3 Å². The van der Waals surface area contributed by atoms with Crippen LogP contribution in [0.2, 0.25) is 5.02 Å². The lowest BCUT2D eigenvalue weighted by Gasteiger charge is -2.03. The predicted octanol–water partition coefficient (Wildman–Crippen LogP) is 3.51. The summed E-state index contributed by atoms with van der Waals surface area (Å²) in [7, 11) is 0. The first-order valence-electron chi connectivity index (χ1n) is 5.18. The van der Waals surface area contributed by atoms with Crippen LogP contribution in [-0.4, -0.2) is 16.0 Å². The molecule has 0 aliphatic rings. The molecule has 0 bridgehead atoms. The lowest BCUT2D eigenvalue weighted by molar-refractivity contribution is -0.384. The molecule has 6 nitrogen and oxygen atoms in total. The van der Waals surface area contributed by atoms with Crippen LogP contribution in [0.5, 0.6) is 0 Å². The van der Waals surface area contributed by atoms with Crippen LogP contribution in [0.3, 0.4) is 0 Å². The number of aryl methyl sites for hydroxylation is 1. The fraction of sp³-hybridized carbons (Fsp3) is 0.0833. The van der Waals surface area contributed by atoms with Crippen molar-refractivity contribution in [2.75, 3.05) is 0 Å². The summed E-state index contributed by atoms with van der Waals surface area (Å²) in [6.45, 7) is 1.64. The second-order valence-corrected chi connectivity index (χ2v) is 4.25. The zero-order valence-electron chi connectivity index (χ0n) is 9.71. The Morgan fingerprint density at radius 2 is 2.11 bits per heavy atom. The first-order chi connectivity index (χ1) is 8.90. The third-order valence-electron chi connectivity index (χ3n) is 2.56. The van der Waals surface area contributed by atoms with Gasteiger partial charge < -0.3 is 9.52 Å². The first-order valence-corrected chi connectivity index (χ1v) is 5.56. The summed E-state index contributed by atoms with van der Waals surface area (Å²) in [6, 6.07) is 5.30. The first kappa shape index (κ1) is 13.1. The number of carboxylic acid groups (broad SMARTS) is 1. The van der Waals surface area contributed by atoms with E-state index in [1.807, 2.05) is 0 Å². The Bertz CT molecular complexity index is 677. The lowest BCUT2D eigenvalue weighted by atomic mass is 10.1. The summed E-state index contributed by atoms with van der Waals surface area (Å²) in [5.41, 5.74) is 0.517. The molecule has 0 amide bonds. The molecule has 19 heavy (non-hydrogen) atoms. The van der Waals surface area contributed by atoms with E-state index >= 15 is 0 Å². The quantitative estimate of drug-likeness (QED) is 0.686. The predicted molar refractivity (Wildman–Crippen MR) is 67.5 cm³/mol. The summed E-state index contributed by atoms with van der Waals surface area (Å²) in [5.74, 6) is -1.45. The van der Waals surface area contributed by atoms with Gasteiger partial charge in [-0.15, -0.1) is 0 Å². The molecular formula is C12H8ClNO5. The zero-order valence-corrected chi connectivity index (χ0v) is 10.5. The van der Waals surface area contributed by atoms with Gasteiger partial charge >= 0.3 is 5.97 Å². The zero-order chi connectivity index (χ0) is 14.2. The van der Waals surface area contributed by atoms with Crippen LogP contribution >= 0.6 is 11.6 Å². The second-order valence-electron chi connectivity index (χ2n) is 3.84. The molecule has 0 radical (unpaired) electrons. The number of hydrogen-bond donors (Lipinski definition) is 1. The van der Waals surface area contributed by atoms with Crippen LogP contribution < -0.4 is 0 Å². The van der Waals surface area contributed by atoms with Gasteiger partial charge in [0.25, 0.3) is 5.69 Å². The Labute approximate surface area is 112 Å². The largest absolute Gasteiger partial charge is 0.475 e. The SMILES string of the molecule is Cc1cc([N+](=O)[O-])c(-c2ccc(C(=O)O)o2)cc1Cl. The number of benzene rings is 1. The van der Waals surface area contributed by atoms with Crippen LogP contribution in [0.15, 0.2) is 28.7 Å². The number of nitrogens with zero attached hydrogens (tertiary/aromatic N) is 1. The van der Waals surface area contributed by atoms with Crippen molar-refractivity contribution in [1.29, 1.82) is 0 Å². The van der Waals surface area contributed by atoms with E-state index in [0.29, 0.717) is 10.6 Å².